The Labute approximate surface area is 117 Å². The van der Waals surface area contributed by atoms with E-state index < -0.39 is 0 Å². The average molecular weight is 270 g/mol. The summed E-state index contributed by atoms with van der Waals surface area (Å²) < 4.78 is 0. The zero-order valence-corrected chi connectivity index (χ0v) is 13.3. The van der Waals surface area contributed by atoms with Crippen molar-refractivity contribution in [2.24, 2.45) is 5.41 Å². The van der Waals surface area contributed by atoms with Gasteiger partial charge in [-0.1, -0.05) is 13.8 Å². The molecule has 2 unspecified atom stereocenters. The lowest BCUT2D eigenvalue weighted by Crippen LogP contribution is -2.48. The van der Waals surface area contributed by atoms with Crippen LogP contribution < -0.4 is 10.6 Å². The fraction of sp³-hybridized carbons (Fsp3) is 0.867. The zero-order chi connectivity index (χ0) is 15.1. The first-order valence-electron chi connectivity index (χ1n) is 7.25. The molecule has 2 N–H and O–H groups in total. The van der Waals surface area contributed by atoms with Gasteiger partial charge in [0.05, 0.1) is 12.1 Å². The average Bonchev–Trinajstić information content (AvgIpc) is 2.38. The highest BCUT2D eigenvalue weighted by molar-refractivity contribution is 5.81. The first kappa shape index (κ1) is 18.3. The van der Waals surface area contributed by atoms with Crippen molar-refractivity contribution in [3.63, 3.8) is 0 Å². The molecule has 0 radical (unpaired) electrons. The number of hydrogen-bond acceptors (Lipinski definition) is 4. The highest BCUT2D eigenvalue weighted by Crippen LogP contribution is 2.25. The number of carbonyl (C=O) groups is 2. The van der Waals surface area contributed by atoms with Crippen molar-refractivity contribution in [1.82, 2.24) is 10.6 Å². The van der Waals surface area contributed by atoms with E-state index in [1.165, 1.54) is 0 Å². The van der Waals surface area contributed by atoms with Crippen molar-refractivity contribution < 1.29 is 9.59 Å². The molecule has 4 nitrogen and oxygen atoms in total. The fourth-order valence-corrected chi connectivity index (χ4v) is 1.84. The summed E-state index contributed by atoms with van der Waals surface area (Å²) in [4.78, 5) is 22.5. The van der Waals surface area contributed by atoms with Crippen molar-refractivity contribution in [3.05, 3.63) is 0 Å². The molecule has 0 aromatic rings. The molecule has 0 heterocycles. The maximum Gasteiger partial charge on any atom is 0.146 e. The third kappa shape index (κ3) is 6.30. The van der Waals surface area contributed by atoms with Crippen LogP contribution in [0.2, 0.25) is 0 Å². The maximum absolute atomic E-state index is 11.3. The van der Waals surface area contributed by atoms with Gasteiger partial charge < -0.3 is 10.6 Å². The molecular formula is C15H30N2O2. The van der Waals surface area contributed by atoms with Gasteiger partial charge in [0.1, 0.15) is 11.6 Å². The number of rotatable bonds is 10. The molecule has 0 bridgehead atoms. The summed E-state index contributed by atoms with van der Waals surface area (Å²) in [6, 6.07) is -0.217. The van der Waals surface area contributed by atoms with Gasteiger partial charge in [0.25, 0.3) is 0 Å². The van der Waals surface area contributed by atoms with Crippen LogP contribution >= 0.6 is 0 Å². The van der Waals surface area contributed by atoms with E-state index in [4.69, 9.17) is 0 Å². The molecule has 19 heavy (non-hydrogen) atoms. The molecule has 0 saturated carbocycles. The Kier molecular flexibility index (Phi) is 8.11. The third-order valence-electron chi connectivity index (χ3n) is 4.29. The SMILES string of the molecule is CCC(CC)(CNC(C)C(C)=O)CNC(C)C(C)=O. The van der Waals surface area contributed by atoms with E-state index in [1.807, 2.05) is 13.8 Å². The van der Waals surface area contributed by atoms with Crippen LogP contribution in [0.15, 0.2) is 0 Å². The second kappa shape index (κ2) is 8.43. The van der Waals surface area contributed by atoms with Crippen LogP contribution in [0.4, 0.5) is 0 Å². The molecule has 112 valence electrons. The number of ketones is 2. The predicted molar refractivity (Wildman–Crippen MR) is 79.3 cm³/mol. The van der Waals surface area contributed by atoms with Crippen LogP contribution in [-0.4, -0.2) is 36.7 Å². The largest absolute Gasteiger partial charge is 0.307 e. The minimum absolute atomic E-state index is 0.0907. The van der Waals surface area contributed by atoms with E-state index in [0.29, 0.717) is 0 Å². The summed E-state index contributed by atoms with van der Waals surface area (Å²) >= 11 is 0. The third-order valence-corrected chi connectivity index (χ3v) is 4.29. The predicted octanol–water partition coefficient (Wildman–Crippen LogP) is 1.93. The lowest BCUT2D eigenvalue weighted by Gasteiger charge is -2.34. The van der Waals surface area contributed by atoms with Crippen LogP contribution in [0, 0.1) is 5.41 Å². The molecule has 0 fully saturated rings. The van der Waals surface area contributed by atoms with E-state index in [0.717, 1.165) is 25.9 Å². The van der Waals surface area contributed by atoms with Crippen LogP contribution in [0.5, 0.6) is 0 Å². The quantitative estimate of drug-likeness (QED) is 0.637. The van der Waals surface area contributed by atoms with E-state index >= 15 is 0 Å². The van der Waals surface area contributed by atoms with Gasteiger partial charge in [-0.05, 0) is 46.0 Å². The minimum atomic E-state index is -0.109. The number of carbonyl (C=O) groups excluding carboxylic acids is 2. The van der Waals surface area contributed by atoms with Crippen molar-refractivity contribution in [2.75, 3.05) is 13.1 Å². The van der Waals surface area contributed by atoms with Crippen LogP contribution in [-0.2, 0) is 9.59 Å². The molecule has 0 saturated heterocycles. The smallest absolute Gasteiger partial charge is 0.146 e. The van der Waals surface area contributed by atoms with Gasteiger partial charge in [-0.15, -0.1) is 0 Å². The summed E-state index contributed by atoms with van der Waals surface area (Å²) in [5, 5.41) is 6.61. The number of Topliss-reactive ketones (excluding diaryl/α,β-unsaturated/α-hetero) is 2. The Morgan fingerprint density at radius 3 is 1.42 bits per heavy atom. The second-order valence-corrected chi connectivity index (χ2v) is 5.63. The van der Waals surface area contributed by atoms with Gasteiger partial charge in [-0.3, -0.25) is 9.59 Å². The first-order chi connectivity index (χ1) is 8.78. The molecule has 0 amide bonds. The monoisotopic (exact) mass is 270 g/mol. The number of hydrogen-bond donors (Lipinski definition) is 2. The molecule has 0 rings (SSSR count). The van der Waals surface area contributed by atoms with Gasteiger partial charge >= 0.3 is 0 Å². The van der Waals surface area contributed by atoms with Gasteiger partial charge in [-0.2, -0.15) is 0 Å². The van der Waals surface area contributed by atoms with Crippen molar-refractivity contribution in [2.45, 2.75) is 66.5 Å². The van der Waals surface area contributed by atoms with E-state index in [1.54, 1.807) is 13.8 Å². The standard InChI is InChI=1S/C15H30N2O2/c1-7-15(8-2,9-16-11(3)13(5)18)10-17-12(4)14(6)19/h11-12,16-17H,7-10H2,1-6H3. The number of nitrogens with one attached hydrogen (secondary N) is 2. The Morgan fingerprint density at radius 1 is 0.895 bits per heavy atom. The fourth-order valence-electron chi connectivity index (χ4n) is 1.84. The Hall–Kier alpha value is -0.740. The zero-order valence-electron chi connectivity index (χ0n) is 13.3. The molecule has 0 aromatic heterocycles. The van der Waals surface area contributed by atoms with Gasteiger partial charge in [-0.25, -0.2) is 0 Å². The maximum atomic E-state index is 11.3. The van der Waals surface area contributed by atoms with Gasteiger partial charge in [0.2, 0.25) is 0 Å². The first-order valence-corrected chi connectivity index (χ1v) is 7.25. The second-order valence-electron chi connectivity index (χ2n) is 5.63. The summed E-state index contributed by atoms with van der Waals surface area (Å²) in [6.07, 6.45) is 2.03. The Balaban J connectivity index is 4.49. The summed E-state index contributed by atoms with van der Waals surface area (Å²) in [6.45, 7) is 12.9. The highest BCUT2D eigenvalue weighted by atomic mass is 16.1. The molecule has 0 spiro atoms. The normalized spacial score (nSPS) is 15.1. The van der Waals surface area contributed by atoms with Crippen LogP contribution in [0.25, 0.3) is 0 Å². The lowest BCUT2D eigenvalue weighted by atomic mass is 9.81. The molecule has 0 aliphatic rings. The molecule has 2 atom stereocenters. The Morgan fingerprint density at radius 2 is 1.21 bits per heavy atom. The topological polar surface area (TPSA) is 58.2 Å². The van der Waals surface area contributed by atoms with Gasteiger partial charge in [0.15, 0.2) is 0 Å². The van der Waals surface area contributed by atoms with Crippen LogP contribution in [0.1, 0.15) is 54.4 Å². The van der Waals surface area contributed by atoms with E-state index in [2.05, 4.69) is 24.5 Å². The van der Waals surface area contributed by atoms with Gasteiger partial charge in [0, 0.05) is 13.1 Å². The minimum Gasteiger partial charge on any atom is -0.307 e. The molecule has 4 heteroatoms. The lowest BCUT2D eigenvalue weighted by molar-refractivity contribution is -0.119. The van der Waals surface area contributed by atoms with Crippen molar-refractivity contribution in [1.29, 1.82) is 0 Å². The van der Waals surface area contributed by atoms with E-state index in [9.17, 15) is 9.59 Å². The molecular weight excluding hydrogens is 240 g/mol. The Bertz CT molecular complexity index is 273. The summed E-state index contributed by atoms with van der Waals surface area (Å²) in [7, 11) is 0. The molecule has 0 aliphatic heterocycles. The summed E-state index contributed by atoms with van der Waals surface area (Å²) in [5.74, 6) is 0.317. The highest BCUT2D eigenvalue weighted by Gasteiger charge is 2.27. The van der Waals surface area contributed by atoms with E-state index in [-0.39, 0.29) is 29.1 Å². The molecule has 0 aliphatic carbocycles. The molecule has 0 aromatic carbocycles. The van der Waals surface area contributed by atoms with Crippen LogP contribution in [0.3, 0.4) is 0 Å². The van der Waals surface area contributed by atoms with Crippen molar-refractivity contribution >= 4 is 11.6 Å². The summed E-state index contributed by atoms with van der Waals surface area (Å²) in [5.41, 5.74) is 0.0907. The van der Waals surface area contributed by atoms with Crippen molar-refractivity contribution in [3.8, 4) is 0 Å².